The van der Waals surface area contributed by atoms with Gasteiger partial charge in [-0.25, -0.2) is 0 Å². The van der Waals surface area contributed by atoms with Gasteiger partial charge < -0.3 is 18.9 Å². The maximum atomic E-state index is 6.31. The van der Waals surface area contributed by atoms with Gasteiger partial charge in [0.05, 0.1) is 38.6 Å². The summed E-state index contributed by atoms with van der Waals surface area (Å²) in [5.74, 6) is 3.56. The summed E-state index contributed by atoms with van der Waals surface area (Å²) in [6.07, 6.45) is 15.4. The first kappa shape index (κ1) is 32.9. The van der Waals surface area contributed by atoms with Crippen LogP contribution in [-0.2, 0) is 22.3 Å². The molecule has 0 N–H and O–H groups in total. The van der Waals surface area contributed by atoms with Crippen molar-refractivity contribution in [2.75, 3.05) is 26.4 Å². The molecular formula is C38H58O4. The average Bonchev–Trinajstić information content (AvgIpc) is 3.87. The van der Waals surface area contributed by atoms with E-state index in [1.165, 1.54) is 84.7 Å². The molecule has 0 radical (unpaired) electrons. The van der Waals surface area contributed by atoms with E-state index in [4.69, 9.17) is 18.9 Å². The number of ether oxygens (including phenoxy) is 4. The Morgan fingerprint density at radius 3 is 1.24 bits per heavy atom. The molecule has 2 aliphatic heterocycles. The summed E-state index contributed by atoms with van der Waals surface area (Å²) < 4.78 is 23.8. The number of aryl methyl sites for hydroxylation is 6. The lowest BCUT2D eigenvalue weighted by Crippen LogP contribution is -2.11. The second-order valence-electron chi connectivity index (χ2n) is 13.1. The third-order valence-electron chi connectivity index (χ3n) is 9.30. The molecule has 234 valence electrons. The standard InChI is InChI=1S/C38H58O4/c1-7-9-13-33(35-25-41-35)15-11-19-39-37-27(3)21-31(22-28(37)4)17-18-32-23-29(5)38(30(6)24-32)40-20-12-16-34(14-10-8-2)36-26-42-36/h21-24,33-36H,7-20,25-26H2,1-6H3. The highest BCUT2D eigenvalue weighted by Gasteiger charge is 2.32. The van der Waals surface area contributed by atoms with Crippen LogP contribution in [0.4, 0.5) is 0 Å². The van der Waals surface area contributed by atoms with Crippen molar-refractivity contribution in [1.82, 2.24) is 0 Å². The molecule has 2 aromatic carbocycles. The average molecular weight is 579 g/mol. The normalized spacial score (nSPS) is 19.0. The van der Waals surface area contributed by atoms with E-state index in [0.29, 0.717) is 24.0 Å². The molecule has 2 heterocycles. The van der Waals surface area contributed by atoms with Gasteiger partial charge >= 0.3 is 0 Å². The monoisotopic (exact) mass is 578 g/mol. The zero-order valence-electron chi connectivity index (χ0n) is 27.6. The zero-order chi connectivity index (χ0) is 29.9. The van der Waals surface area contributed by atoms with Gasteiger partial charge in [-0.3, -0.25) is 0 Å². The predicted octanol–water partition coefficient (Wildman–Crippen LogP) is 9.43. The molecule has 0 aromatic heterocycles. The fourth-order valence-corrected chi connectivity index (χ4v) is 6.77. The highest BCUT2D eigenvalue weighted by Crippen LogP contribution is 2.32. The van der Waals surface area contributed by atoms with Gasteiger partial charge in [0.1, 0.15) is 11.5 Å². The third kappa shape index (κ3) is 10.3. The maximum absolute atomic E-state index is 6.31. The fourth-order valence-electron chi connectivity index (χ4n) is 6.77. The van der Waals surface area contributed by atoms with E-state index in [2.05, 4.69) is 65.8 Å². The van der Waals surface area contributed by atoms with Gasteiger partial charge in [-0.2, -0.15) is 0 Å². The van der Waals surface area contributed by atoms with Gasteiger partial charge in [0, 0.05) is 0 Å². The van der Waals surface area contributed by atoms with Crippen molar-refractivity contribution in [2.24, 2.45) is 11.8 Å². The molecular weight excluding hydrogens is 520 g/mol. The third-order valence-corrected chi connectivity index (χ3v) is 9.30. The fraction of sp³-hybridized carbons (Fsp3) is 0.684. The zero-order valence-corrected chi connectivity index (χ0v) is 27.6. The Bertz CT molecular complexity index is 967. The summed E-state index contributed by atoms with van der Waals surface area (Å²) in [6, 6.07) is 9.29. The molecule has 4 atom stereocenters. The molecule has 0 spiro atoms. The van der Waals surface area contributed by atoms with E-state index in [1.807, 2.05) is 0 Å². The van der Waals surface area contributed by atoms with Crippen molar-refractivity contribution >= 4 is 0 Å². The largest absolute Gasteiger partial charge is 0.493 e. The Hall–Kier alpha value is -2.04. The number of hydrogen-bond donors (Lipinski definition) is 0. The second-order valence-corrected chi connectivity index (χ2v) is 13.1. The Balaban J connectivity index is 1.22. The van der Waals surface area contributed by atoms with Gasteiger partial charge in [-0.1, -0.05) is 63.8 Å². The van der Waals surface area contributed by atoms with E-state index in [-0.39, 0.29) is 0 Å². The smallest absolute Gasteiger partial charge is 0.125 e. The molecule has 0 amide bonds. The van der Waals surface area contributed by atoms with Gasteiger partial charge in [0.15, 0.2) is 0 Å². The van der Waals surface area contributed by atoms with Gasteiger partial charge in [0.2, 0.25) is 0 Å². The molecule has 42 heavy (non-hydrogen) atoms. The van der Waals surface area contributed by atoms with E-state index >= 15 is 0 Å². The van der Waals surface area contributed by atoms with Crippen LogP contribution in [0.3, 0.4) is 0 Å². The summed E-state index contributed by atoms with van der Waals surface area (Å²) in [4.78, 5) is 0. The van der Waals surface area contributed by atoms with Crippen molar-refractivity contribution in [2.45, 2.75) is 131 Å². The second kappa shape index (κ2) is 16.7. The number of epoxide rings is 2. The van der Waals surface area contributed by atoms with Crippen LogP contribution in [0, 0.1) is 39.5 Å². The highest BCUT2D eigenvalue weighted by molar-refractivity contribution is 5.45. The van der Waals surface area contributed by atoms with Gasteiger partial charge in [-0.05, 0) is 124 Å². The quantitative estimate of drug-likeness (QED) is 0.109. The summed E-state index contributed by atoms with van der Waals surface area (Å²) in [5, 5.41) is 0. The molecule has 4 unspecified atom stereocenters. The Kier molecular flexibility index (Phi) is 13.1. The van der Waals surface area contributed by atoms with E-state index in [0.717, 1.165) is 63.6 Å². The van der Waals surface area contributed by atoms with Crippen LogP contribution in [0.2, 0.25) is 0 Å². The topological polar surface area (TPSA) is 43.5 Å². The number of hydrogen-bond acceptors (Lipinski definition) is 4. The minimum absolute atomic E-state index is 0.511. The van der Waals surface area contributed by atoms with Crippen molar-refractivity contribution in [3.05, 3.63) is 57.6 Å². The van der Waals surface area contributed by atoms with Gasteiger partial charge in [0.25, 0.3) is 0 Å². The molecule has 0 saturated carbocycles. The van der Waals surface area contributed by atoms with Crippen LogP contribution in [0.25, 0.3) is 0 Å². The number of benzene rings is 2. The van der Waals surface area contributed by atoms with E-state index < -0.39 is 0 Å². The number of rotatable bonds is 21. The minimum Gasteiger partial charge on any atom is -0.493 e. The highest BCUT2D eigenvalue weighted by atomic mass is 16.6. The van der Waals surface area contributed by atoms with Crippen molar-refractivity contribution in [3.8, 4) is 11.5 Å². The molecule has 0 bridgehead atoms. The molecule has 2 fully saturated rings. The lowest BCUT2D eigenvalue weighted by molar-refractivity contribution is 0.255. The molecule has 4 nitrogen and oxygen atoms in total. The van der Waals surface area contributed by atoms with E-state index in [1.54, 1.807) is 0 Å². The molecule has 2 saturated heterocycles. The molecule has 2 aliphatic rings. The summed E-state index contributed by atoms with van der Waals surface area (Å²) in [7, 11) is 0. The van der Waals surface area contributed by atoms with Crippen molar-refractivity contribution in [1.29, 1.82) is 0 Å². The minimum atomic E-state index is 0.511. The first-order valence-corrected chi connectivity index (χ1v) is 17.1. The summed E-state index contributed by atoms with van der Waals surface area (Å²) >= 11 is 0. The van der Waals surface area contributed by atoms with Crippen LogP contribution in [0.15, 0.2) is 24.3 Å². The Labute approximate surface area is 256 Å². The lowest BCUT2D eigenvalue weighted by Gasteiger charge is -2.17. The molecule has 2 aromatic rings. The van der Waals surface area contributed by atoms with Crippen LogP contribution < -0.4 is 9.47 Å². The van der Waals surface area contributed by atoms with Crippen LogP contribution in [-0.4, -0.2) is 38.6 Å². The first-order valence-electron chi connectivity index (χ1n) is 17.1. The molecule has 4 heteroatoms. The molecule has 4 rings (SSSR count). The number of unbranched alkanes of at least 4 members (excludes halogenated alkanes) is 2. The van der Waals surface area contributed by atoms with Gasteiger partial charge in [-0.15, -0.1) is 0 Å². The van der Waals surface area contributed by atoms with Crippen molar-refractivity contribution < 1.29 is 18.9 Å². The lowest BCUT2D eigenvalue weighted by atomic mass is 9.94. The van der Waals surface area contributed by atoms with Crippen LogP contribution in [0.5, 0.6) is 11.5 Å². The maximum Gasteiger partial charge on any atom is 0.125 e. The SMILES string of the molecule is CCCCC(CCCOc1c(C)cc(CCc2cc(C)c(OCCCC(CCCC)C3CO3)c(C)c2)cc1C)C1CO1. The van der Waals surface area contributed by atoms with Crippen LogP contribution >= 0.6 is 0 Å². The Morgan fingerprint density at radius 1 is 0.595 bits per heavy atom. The Morgan fingerprint density at radius 2 is 0.929 bits per heavy atom. The predicted molar refractivity (Wildman–Crippen MR) is 174 cm³/mol. The van der Waals surface area contributed by atoms with Crippen LogP contribution in [0.1, 0.15) is 111 Å². The first-order chi connectivity index (χ1) is 20.4. The molecule has 0 aliphatic carbocycles. The summed E-state index contributed by atoms with van der Waals surface area (Å²) in [5.41, 5.74) is 7.77. The van der Waals surface area contributed by atoms with Crippen molar-refractivity contribution in [3.63, 3.8) is 0 Å². The summed E-state index contributed by atoms with van der Waals surface area (Å²) in [6.45, 7) is 16.8. The van der Waals surface area contributed by atoms with E-state index in [9.17, 15) is 0 Å².